The molecule has 2 aromatic carbocycles. The van der Waals surface area contributed by atoms with Crippen molar-refractivity contribution in [3.8, 4) is 0 Å². The lowest BCUT2D eigenvalue weighted by atomic mass is 9.85. The summed E-state index contributed by atoms with van der Waals surface area (Å²) in [4.78, 5) is 0. The Morgan fingerprint density at radius 1 is 0.944 bits per heavy atom. The molecule has 2 rings (SSSR count). The summed E-state index contributed by atoms with van der Waals surface area (Å²) < 4.78 is 27.6. The fraction of sp³-hybridized carbons (Fsp3) is 0.200. The predicted molar refractivity (Wildman–Crippen MR) is 68.2 cm³/mol. The van der Waals surface area contributed by atoms with E-state index in [1.807, 2.05) is 18.2 Å². The molecular weight excluding hydrogens is 232 g/mol. The Labute approximate surface area is 105 Å². The molecule has 0 saturated carbocycles. The third kappa shape index (κ3) is 2.02. The van der Waals surface area contributed by atoms with Crippen LogP contribution in [0, 0.1) is 18.6 Å². The van der Waals surface area contributed by atoms with Gasteiger partial charge in [0.2, 0.25) is 0 Å². The van der Waals surface area contributed by atoms with Crippen molar-refractivity contribution >= 4 is 0 Å². The van der Waals surface area contributed by atoms with E-state index >= 15 is 0 Å². The lowest BCUT2D eigenvalue weighted by Gasteiger charge is -2.26. The summed E-state index contributed by atoms with van der Waals surface area (Å²) in [6.45, 7) is 3.20. The molecule has 94 valence electrons. The van der Waals surface area contributed by atoms with Gasteiger partial charge < -0.3 is 5.73 Å². The minimum Gasteiger partial charge on any atom is -0.318 e. The highest BCUT2D eigenvalue weighted by Gasteiger charge is 2.28. The van der Waals surface area contributed by atoms with Crippen LogP contribution in [-0.4, -0.2) is 0 Å². The Hall–Kier alpha value is -1.74. The van der Waals surface area contributed by atoms with Crippen LogP contribution in [0.4, 0.5) is 8.78 Å². The van der Waals surface area contributed by atoms with Gasteiger partial charge in [0.1, 0.15) is 0 Å². The van der Waals surface area contributed by atoms with Crippen LogP contribution in [0.1, 0.15) is 23.6 Å². The number of benzene rings is 2. The van der Waals surface area contributed by atoms with Crippen LogP contribution in [-0.2, 0) is 5.54 Å². The van der Waals surface area contributed by atoms with Crippen molar-refractivity contribution in [3.63, 3.8) is 0 Å². The molecule has 0 spiro atoms. The largest absolute Gasteiger partial charge is 0.318 e. The standard InChI is InChI=1S/C15H15F2N/c1-10-8-9-12(14(17)13(10)16)15(2,18)11-6-4-3-5-7-11/h3-9H,18H2,1-2H3. The molecule has 18 heavy (non-hydrogen) atoms. The molecule has 0 bridgehead atoms. The third-order valence-electron chi connectivity index (χ3n) is 3.21. The lowest BCUT2D eigenvalue weighted by Crippen LogP contribution is -2.35. The van der Waals surface area contributed by atoms with Crippen LogP contribution in [0.2, 0.25) is 0 Å². The highest BCUT2D eigenvalue weighted by molar-refractivity contribution is 5.39. The fourth-order valence-corrected chi connectivity index (χ4v) is 1.99. The first-order valence-electron chi connectivity index (χ1n) is 5.74. The van der Waals surface area contributed by atoms with Gasteiger partial charge in [-0.25, -0.2) is 8.78 Å². The first-order valence-corrected chi connectivity index (χ1v) is 5.74. The van der Waals surface area contributed by atoms with E-state index in [2.05, 4.69) is 0 Å². The predicted octanol–water partition coefficient (Wildman–Crippen LogP) is 3.50. The summed E-state index contributed by atoms with van der Waals surface area (Å²) >= 11 is 0. The van der Waals surface area contributed by atoms with E-state index in [1.54, 1.807) is 31.2 Å². The Morgan fingerprint density at radius 2 is 1.56 bits per heavy atom. The molecule has 1 unspecified atom stereocenters. The molecule has 2 N–H and O–H groups in total. The summed E-state index contributed by atoms with van der Waals surface area (Å²) in [7, 11) is 0. The number of hydrogen-bond acceptors (Lipinski definition) is 1. The maximum Gasteiger partial charge on any atom is 0.164 e. The number of halogens is 2. The van der Waals surface area contributed by atoms with Crippen LogP contribution in [0.15, 0.2) is 42.5 Å². The zero-order valence-electron chi connectivity index (χ0n) is 10.4. The van der Waals surface area contributed by atoms with Crippen LogP contribution in [0.3, 0.4) is 0 Å². The topological polar surface area (TPSA) is 26.0 Å². The van der Waals surface area contributed by atoms with Gasteiger partial charge in [-0.05, 0) is 25.0 Å². The zero-order chi connectivity index (χ0) is 13.3. The van der Waals surface area contributed by atoms with E-state index in [9.17, 15) is 8.78 Å². The quantitative estimate of drug-likeness (QED) is 0.863. The van der Waals surface area contributed by atoms with E-state index in [4.69, 9.17) is 5.73 Å². The molecular formula is C15H15F2N. The van der Waals surface area contributed by atoms with Gasteiger partial charge in [-0.15, -0.1) is 0 Å². The number of hydrogen-bond donors (Lipinski definition) is 1. The summed E-state index contributed by atoms with van der Waals surface area (Å²) in [6.07, 6.45) is 0. The average Bonchev–Trinajstić information content (AvgIpc) is 2.37. The summed E-state index contributed by atoms with van der Waals surface area (Å²) in [5, 5.41) is 0. The molecule has 2 aromatic rings. The van der Waals surface area contributed by atoms with Gasteiger partial charge in [-0.1, -0.05) is 42.5 Å². The number of aryl methyl sites for hydroxylation is 1. The Balaban J connectivity index is 2.58. The molecule has 0 heterocycles. The van der Waals surface area contributed by atoms with Crippen molar-refractivity contribution in [1.82, 2.24) is 0 Å². The Kier molecular flexibility index (Phi) is 3.18. The van der Waals surface area contributed by atoms with Crippen LogP contribution in [0.5, 0.6) is 0 Å². The van der Waals surface area contributed by atoms with Gasteiger partial charge >= 0.3 is 0 Å². The van der Waals surface area contributed by atoms with Crippen LogP contribution < -0.4 is 5.73 Å². The summed E-state index contributed by atoms with van der Waals surface area (Å²) in [5.41, 5.74) is 6.30. The fourth-order valence-electron chi connectivity index (χ4n) is 1.99. The third-order valence-corrected chi connectivity index (χ3v) is 3.21. The molecule has 0 aliphatic carbocycles. The van der Waals surface area contributed by atoms with Gasteiger partial charge in [0, 0.05) is 5.56 Å². The maximum absolute atomic E-state index is 14.0. The van der Waals surface area contributed by atoms with Crippen molar-refractivity contribution in [2.45, 2.75) is 19.4 Å². The van der Waals surface area contributed by atoms with Gasteiger partial charge in [0.05, 0.1) is 5.54 Å². The van der Waals surface area contributed by atoms with Crippen LogP contribution in [0.25, 0.3) is 0 Å². The van der Waals surface area contributed by atoms with Crippen molar-refractivity contribution in [3.05, 3.63) is 70.8 Å². The molecule has 0 radical (unpaired) electrons. The molecule has 1 atom stereocenters. The van der Waals surface area contributed by atoms with E-state index in [1.165, 1.54) is 6.92 Å². The highest BCUT2D eigenvalue weighted by Crippen LogP contribution is 2.30. The van der Waals surface area contributed by atoms with Crippen molar-refractivity contribution in [2.24, 2.45) is 5.73 Å². The van der Waals surface area contributed by atoms with Gasteiger partial charge in [0.15, 0.2) is 11.6 Å². The van der Waals surface area contributed by atoms with E-state index in [0.717, 1.165) is 5.56 Å². The first kappa shape index (κ1) is 12.7. The number of rotatable bonds is 2. The normalized spacial score (nSPS) is 14.3. The Bertz CT molecular complexity index is 562. The summed E-state index contributed by atoms with van der Waals surface area (Å²) in [6, 6.07) is 12.2. The minimum atomic E-state index is -1.06. The SMILES string of the molecule is Cc1ccc(C(C)(N)c2ccccc2)c(F)c1F. The first-order chi connectivity index (χ1) is 8.44. The number of nitrogens with two attached hydrogens (primary N) is 1. The monoisotopic (exact) mass is 247 g/mol. The molecule has 0 aliphatic rings. The van der Waals surface area contributed by atoms with Crippen molar-refractivity contribution in [1.29, 1.82) is 0 Å². The minimum absolute atomic E-state index is 0.164. The second-order valence-corrected chi connectivity index (χ2v) is 4.63. The summed E-state index contributed by atoms with van der Waals surface area (Å²) in [5.74, 6) is -1.70. The zero-order valence-corrected chi connectivity index (χ0v) is 10.4. The molecule has 0 saturated heterocycles. The van der Waals surface area contributed by atoms with E-state index in [0.29, 0.717) is 0 Å². The molecule has 0 amide bonds. The molecule has 0 fully saturated rings. The lowest BCUT2D eigenvalue weighted by molar-refractivity contribution is 0.464. The molecule has 3 heteroatoms. The smallest absolute Gasteiger partial charge is 0.164 e. The van der Waals surface area contributed by atoms with Gasteiger partial charge in [0.25, 0.3) is 0 Å². The van der Waals surface area contributed by atoms with Crippen LogP contribution >= 0.6 is 0 Å². The average molecular weight is 247 g/mol. The second kappa shape index (κ2) is 4.50. The van der Waals surface area contributed by atoms with Gasteiger partial charge in [-0.2, -0.15) is 0 Å². The van der Waals surface area contributed by atoms with Gasteiger partial charge in [-0.3, -0.25) is 0 Å². The molecule has 1 nitrogen and oxygen atoms in total. The van der Waals surface area contributed by atoms with Crippen molar-refractivity contribution < 1.29 is 8.78 Å². The van der Waals surface area contributed by atoms with E-state index in [-0.39, 0.29) is 11.1 Å². The second-order valence-electron chi connectivity index (χ2n) is 4.63. The highest BCUT2D eigenvalue weighted by atomic mass is 19.2. The maximum atomic E-state index is 14.0. The Morgan fingerprint density at radius 3 is 2.17 bits per heavy atom. The molecule has 0 aliphatic heterocycles. The van der Waals surface area contributed by atoms with E-state index < -0.39 is 17.2 Å². The van der Waals surface area contributed by atoms with Crippen molar-refractivity contribution in [2.75, 3.05) is 0 Å². The molecule has 0 aromatic heterocycles.